The molecule has 2 nitrogen and oxygen atoms in total. The van der Waals surface area contributed by atoms with Gasteiger partial charge in [0.25, 0.3) is 0 Å². The monoisotopic (exact) mass is 652 g/mol. The fraction of sp³-hybridized carbons (Fsp3) is 0.208. The van der Waals surface area contributed by atoms with Crippen molar-refractivity contribution in [2.24, 2.45) is 0 Å². The van der Waals surface area contributed by atoms with E-state index in [0.29, 0.717) is 0 Å². The highest BCUT2D eigenvalue weighted by atomic mass is 15.2. The van der Waals surface area contributed by atoms with Gasteiger partial charge in [0.05, 0.1) is 11.4 Å². The standard InChI is InChI=1S/C48H48N2/c1-29-15-19-39(23-33(29)5)49(40-20-16-30(2)34(6)24-40)47-44-14-12-11-13-43(44)45-27-37(9)38(10)28-46(45)48(47)50(41-21-17-31(3)35(7)25-41)42-22-18-32(4)36(8)26-42/h11-28H,1-10H3. The number of hydrogen-bond donors (Lipinski definition) is 0. The van der Waals surface area contributed by atoms with Gasteiger partial charge in [-0.25, -0.2) is 0 Å². The molecule has 0 unspecified atom stereocenters. The molecular weight excluding hydrogens is 605 g/mol. The van der Waals surface area contributed by atoms with Gasteiger partial charge >= 0.3 is 0 Å². The smallest absolute Gasteiger partial charge is 0.0788 e. The molecule has 0 N–H and O–H groups in total. The molecule has 0 bridgehead atoms. The van der Waals surface area contributed by atoms with Crippen LogP contribution in [0.5, 0.6) is 0 Å². The van der Waals surface area contributed by atoms with E-state index in [0.717, 1.165) is 22.7 Å². The average Bonchev–Trinajstić information content (AvgIpc) is 3.09. The first-order valence-corrected chi connectivity index (χ1v) is 17.8. The Morgan fingerprint density at radius 1 is 0.260 bits per heavy atom. The first kappa shape index (κ1) is 33.2. The van der Waals surface area contributed by atoms with Crippen molar-refractivity contribution in [1.82, 2.24) is 0 Å². The zero-order chi connectivity index (χ0) is 35.4. The van der Waals surface area contributed by atoms with Gasteiger partial charge in [0, 0.05) is 33.5 Å². The van der Waals surface area contributed by atoms with Gasteiger partial charge in [-0.15, -0.1) is 0 Å². The molecule has 0 aliphatic rings. The summed E-state index contributed by atoms with van der Waals surface area (Å²) in [5.74, 6) is 0. The first-order valence-electron chi connectivity index (χ1n) is 17.8. The van der Waals surface area contributed by atoms with Gasteiger partial charge in [-0.2, -0.15) is 0 Å². The highest BCUT2D eigenvalue weighted by Gasteiger charge is 2.28. The summed E-state index contributed by atoms with van der Waals surface area (Å²) in [6.45, 7) is 22.2. The van der Waals surface area contributed by atoms with Crippen LogP contribution in [0, 0.1) is 69.2 Å². The molecule has 0 heterocycles. The molecule has 7 aromatic carbocycles. The van der Waals surface area contributed by atoms with Gasteiger partial charge in [0.15, 0.2) is 0 Å². The molecule has 0 radical (unpaired) electrons. The molecule has 2 heteroatoms. The van der Waals surface area contributed by atoms with Crippen LogP contribution in [-0.2, 0) is 0 Å². The van der Waals surface area contributed by atoms with Crippen LogP contribution in [0.4, 0.5) is 34.1 Å². The number of anilines is 6. The number of rotatable bonds is 6. The summed E-state index contributed by atoms with van der Waals surface area (Å²) < 4.78 is 0. The zero-order valence-electron chi connectivity index (χ0n) is 31.3. The molecule has 0 saturated carbocycles. The number of benzene rings is 7. The molecule has 0 aliphatic carbocycles. The highest BCUT2D eigenvalue weighted by molar-refractivity contribution is 6.23. The van der Waals surface area contributed by atoms with E-state index < -0.39 is 0 Å². The van der Waals surface area contributed by atoms with Gasteiger partial charge < -0.3 is 9.80 Å². The van der Waals surface area contributed by atoms with Crippen LogP contribution in [0.25, 0.3) is 21.5 Å². The van der Waals surface area contributed by atoms with Gasteiger partial charge in [0.2, 0.25) is 0 Å². The third-order valence-electron chi connectivity index (χ3n) is 11.0. The number of nitrogens with zero attached hydrogens (tertiary/aromatic N) is 2. The van der Waals surface area contributed by atoms with Crippen LogP contribution in [-0.4, -0.2) is 0 Å². The predicted molar refractivity (Wildman–Crippen MR) is 218 cm³/mol. The minimum Gasteiger partial charge on any atom is -0.308 e. The lowest BCUT2D eigenvalue weighted by Gasteiger charge is -2.36. The maximum absolute atomic E-state index is 2.52. The summed E-state index contributed by atoms with van der Waals surface area (Å²) in [6, 6.07) is 41.4. The fourth-order valence-electron chi connectivity index (χ4n) is 7.14. The summed E-state index contributed by atoms with van der Waals surface area (Å²) in [7, 11) is 0. The molecule has 0 fully saturated rings. The minimum absolute atomic E-state index is 1.14. The Kier molecular flexibility index (Phi) is 8.52. The van der Waals surface area contributed by atoms with Gasteiger partial charge in [-0.05, 0) is 190 Å². The lowest BCUT2D eigenvalue weighted by Crippen LogP contribution is -2.19. The largest absolute Gasteiger partial charge is 0.308 e. The first-order chi connectivity index (χ1) is 23.9. The van der Waals surface area contributed by atoms with E-state index in [9.17, 15) is 0 Å². The van der Waals surface area contributed by atoms with Crippen LogP contribution in [0.2, 0.25) is 0 Å². The summed E-state index contributed by atoms with van der Waals surface area (Å²) >= 11 is 0. The Hall–Kier alpha value is -5.34. The molecule has 0 saturated heterocycles. The maximum Gasteiger partial charge on any atom is 0.0788 e. The molecule has 0 aliphatic heterocycles. The molecular formula is C48H48N2. The molecule has 7 rings (SSSR count). The molecule has 250 valence electrons. The van der Waals surface area contributed by atoms with Crippen molar-refractivity contribution in [2.45, 2.75) is 69.2 Å². The summed E-state index contributed by atoms with van der Waals surface area (Å²) in [5.41, 5.74) is 19.7. The molecule has 7 aromatic rings. The lowest BCUT2D eigenvalue weighted by molar-refractivity contribution is 1.20. The van der Waals surface area contributed by atoms with Crippen molar-refractivity contribution in [3.63, 3.8) is 0 Å². The van der Waals surface area contributed by atoms with Crippen molar-refractivity contribution in [2.75, 3.05) is 9.80 Å². The predicted octanol–water partition coefficient (Wildman–Crippen LogP) is 14.0. The van der Waals surface area contributed by atoms with Gasteiger partial charge in [-0.1, -0.05) is 54.6 Å². The van der Waals surface area contributed by atoms with Crippen LogP contribution in [0.1, 0.15) is 55.6 Å². The Morgan fingerprint density at radius 3 is 0.920 bits per heavy atom. The zero-order valence-corrected chi connectivity index (χ0v) is 31.3. The van der Waals surface area contributed by atoms with E-state index >= 15 is 0 Å². The lowest BCUT2D eigenvalue weighted by atomic mass is 9.92. The van der Waals surface area contributed by atoms with Crippen molar-refractivity contribution in [3.8, 4) is 0 Å². The normalized spacial score (nSPS) is 11.4. The average molecular weight is 653 g/mol. The van der Waals surface area contributed by atoms with E-state index in [1.165, 1.54) is 88.6 Å². The number of hydrogen-bond acceptors (Lipinski definition) is 2. The second-order valence-corrected chi connectivity index (χ2v) is 14.5. The molecule has 0 aromatic heterocycles. The van der Waals surface area contributed by atoms with Crippen LogP contribution < -0.4 is 9.80 Å². The topological polar surface area (TPSA) is 6.48 Å². The molecule has 0 atom stereocenters. The Labute approximate surface area is 298 Å². The van der Waals surface area contributed by atoms with Crippen LogP contribution in [0.3, 0.4) is 0 Å². The Morgan fingerprint density at radius 2 is 0.560 bits per heavy atom. The van der Waals surface area contributed by atoms with Crippen molar-refractivity contribution < 1.29 is 0 Å². The van der Waals surface area contributed by atoms with E-state index in [-0.39, 0.29) is 0 Å². The van der Waals surface area contributed by atoms with E-state index in [1.807, 2.05) is 0 Å². The summed E-state index contributed by atoms with van der Waals surface area (Å²) in [6.07, 6.45) is 0. The molecule has 50 heavy (non-hydrogen) atoms. The minimum atomic E-state index is 1.14. The quantitative estimate of drug-likeness (QED) is 0.130. The maximum atomic E-state index is 2.52. The number of fused-ring (bicyclic) bond motifs is 3. The van der Waals surface area contributed by atoms with Crippen LogP contribution in [0.15, 0.2) is 109 Å². The summed E-state index contributed by atoms with van der Waals surface area (Å²) in [5, 5.41) is 4.96. The van der Waals surface area contributed by atoms with Crippen molar-refractivity contribution in [1.29, 1.82) is 0 Å². The SMILES string of the molecule is Cc1ccc(N(c2ccc(C)c(C)c2)c2c(N(c3ccc(C)c(C)c3)c3ccc(C)c(C)c3)c3cc(C)c(C)cc3c3ccccc23)cc1C. The third-order valence-corrected chi connectivity index (χ3v) is 11.0. The number of aryl methyl sites for hydroxylation is 10. The van der Waals surface area contributed by atoms with E-state index in [2.05, 4.69) is 188 Å². The second kappa shape index (κ2) is 12.8. The van der Waals surface area contributed by atoms with E-state index in [1.54, 1.807) is 0 Å². The van der Waals surface area contributed by atoms with E-state index in [4.69, 9.17) is 0 Å². The Bertz CT molecular complexity index is 2340. The fourth-order valence-corrected chi connectivity index (χ4v) is 7.14. The second-order valence-electron chi connectivity index (χ2n) is 14.5. The molecule has 0 spiro atoms. The molecule has 0 amide bonds. The van der Waals surface area contributed by atoms with Crippen LogP contribution >= 0.6 is 0 Å². The highest BCUT2D eigenvalue weighted by Crippen LogP contribution is 2.53. The van der Waals surface area contributed by atoms with Crippen molar-refractivity contribution in [3.05, 3.63) is 165 Å². The summed E-state index contributed by atoms with van der Waals surface area (Å²) in [4.78, 5) is 5.03. The Balaban J connectivity index is 1.74. The van der Waals surface area contributed by atoms with Crippen molar-refractivity contribution >= 4 is 55.7 Å². The third kappa shape index (κ3) is 5.73. The van der Waals surface area contributed by atoms with Gasteiger partial charge in [0.1, 0.15) is 0 Å². The van der Waals surface area contributed by atoms with Gasteiger partial charge in [-0.3, -0.25) is 0 Å².